The van der Waals surface area contributed by atoms with E-state index in [9.17, 15) is 10.1 Å². The van der Waals surface area contributed by atoms with E-state index in [0.717, 1.165) is 6.42 Å². The fraction of sp³-hybridized carbons (Fsp3) is 0.579. The van der Waals surface area contributed by atoms with E-state index in [-0.39, 0.29) is 5.91 Å². The second kappa shape index (κ2) is 9.29. The van der Waals surface area contributed by atoms with Crippen LogP contribution in [0.5, 0.6) is 5.75 Å². The summed E-state index contributed by atoms with van der Waals surface area (Å²) >= 11 is 0. The minimum Gasteiger partial charge on any atom is -0.493 e. The van der Waals surface area contributed by atoms with E-state index >= 15 is 0 Å². The molecule has 0 fully saturated rings. The third-order valence-electron chi connectivity index (χ3n) is 3.72. The van der Waals surface area contributed by atoms with Gasteiger partial charge in [0, 0.05) is 6.61 Å². The van der Waals surface area contributed by atoms with Gasteiger partial charge in [0.15, 0.2) is 0 Å². The molecule has 1 N–H and O–H groups in total. The van der Waals surface area contributed by atoms with E-state index in [1.54, 1.807) is 25.1 Å². The lowest BCUT2D eigenvalue weighted by molar-refractivity contribution is -0.139. The summed E-state index contributed by atoms with van der Waals surface area (Å²) in [5.74, 6) is 0.778. The van der Waals surface area contributed by atoms with Gasteiger partial charge in [-0.1, -0.05) is 27.7 Å². The van der Waals surface area contributed by atoms with E-state index in [2.05, 4.69) is 25.2 Å². The van der Waals surface area contributed by atoms with Crippen molar-refractivity contribution in [3.63, 3.8) is 0 Å². The molecule has 0 spiro atoms. The van der Waals surface area contributed by atoms with Crippen LogP contribution in [0.4, 0.5) is 5.69 Å². The fourth-order valence-corrected chi connectivity index (χ4v) is 1.99. The maximum absolute atomic E-state index is 12.6. The van der Waals surface area contributed by atoms with Crippen molar-refractivity contribution in [2.75, 3.05) is 18.5 Å². The molecule has 0 saturated heterocycles. The highest BCUT2D eigenvalue weighted by Crippen LogP contribution is 2.25. The molecule has 0 heterocycles. The van der Waals surface area contributed by atoms with Crippen molar-refractivity contribution in [3.05, 3.63) is 23.8 Å². The number of hydrogen-bond donors (Lipinski definition) is 1. The summed E-state index contributed by atoms with van der Waals surface area (Å²) < 4.78 is 11.3. The third-order valence-corrected chi connectivity index (χ3v) is 3.72. The Morgan fingerprint density at radius 1 is 1.38 bits per heavy atom. The van der Waals surface area contributed by atoms with Crippen LogP contribution in [0.2, 0.25) is 0 Å². The van der Waals surface area contributed by atoms with Crippen LogP contribution in [0.25, 0.3) is 0 Å². The zero-order valence-electron chi connectivity index (χ0n) is 15.3. The summed E-state index contributed by atoms with van der Waals surface area (Å²) in [6, 6.07) is 7.21. The zero-order valence-corrected chi connectivity index (χ0v) is 15.3. The highest BCUT2D eigenvalue weighted by molar-refractivity contribution is 5.98. The van der Waals surface area contributed by atoms with Crippen LogP contribution in [-0.2, 0) is 9.53 Å². The summed E-state index contributed by atoms with van der Waals surface area (Å²) in [6.45, 7) is 10.9. The van der Waals surface area contributed by atoms with Crippen LogP contribution in [0, 0.1) is 17.2 Å². The monoisotopic (exact) mass is 332 g/mol. The number of rotatable bonds is 9. The smallest absolute Gasteiger partial charge is 0.256 e. The zero-order chi connectivity index (χ0) is 18.2. The van der Waals surface area contributed by atoms with Crippen LogP contribution in [-0.4, -0.2) is 24.7 Å². The molecule has 5 nitrogen and oxygen atoms in total. The molecule has 0 bridgehead atoms. The Morgan fingerprint density at radius 3 is 2.62 bits per heavy atom. The normalized spacial score (nSPS) is 13.2. The highest BCUT2D eigenvalue weighted by Gasteiger charge is 2.32. The Labute approximate surface area is 145 Å². The minimum absolute atomic E-state index is 0.245. The third kappa shape index (κ3) is 5.54. The first-order valence-corrected chi connectivity index (χ1v) is 8.48. The first-order valence-electron chi connectivity index (χ1n) is 8.48. The fourth-order valence-electron chi connectivity index (χ4n) is 1.99. The second-order valence-corrected chi connectivity index (χ2v) is 6.41. The molecular formula is C19H28N2O3. The molecule has 0 aromatic heterocycles. The molecule has 1 rings (SSSR count). The first-order chi connectivity index (χ1) is 11.4. The van der Waals surface area contributed by atoms with Gasteiger partial charge in [-0.05, 0) is 43.9 Å². The Bertz CT molecular complexity index is 593. The van der Waals surface area contributed by atoms with E-state index in [1.165, 1.54) is 0 Å². The molecule has 5 heteroatoms. The van der Waals surface area contributed by atoms with Gasteiger partial charge >= 0.3 is 0 Å². The maximum Gasteiger partial charge on any atom is 0.256 e. The Morgan fingerprint density at radius 2 is 2.08 bits per heavy atom. The quantitative estimate of drug-likeness (QED) is 0.738. The lowest BCUT2D eigenvalue weighted by Crippen LogP contribution is -2.42. The largest absolute Gasteiger partial charge is 0.493 e. The van der Waals surface area contributed by atoms with Crippen molar-refractivity contribution in [2.45, 2.75) is 53.1 Å². The molecule has 0 aliphatic carbocycles. The molecule has 1 amide bonds. The lowest BCUT2D eigenvalue weighted by Gasteiger charge is -2.27. The average molecular weight is 332 g/mol. The van der Waals surface area contributed by atoms with Crippen LogP contribution < -0.4 is 10.1 Å². The molecule has 24 heavy (non-hydrogen) atoms. The number of hydrogen-bond acceptors (Lipinski definition) is 4. The van der Waals surface area contributed by atoms with Crippen molar-refractivity contribution in [3.8, 4) is 11.8 Å². The van der Waals surface area contributed by atoms with Crippen molar-refractivity contribution in [1.82, 2.24) is 0 Å². The van der Waals surface area contributed by atoms with Gasteiger partial charge in [-0.3, -0.25) is 4.79 Å². The number of carbonyl (C=O) groups is 1. The van der Waals surface area contributed by atoms with Crippen LogP contribution in [0.15, 0.2) is 18.2 Å². The van der Waals surface area contributed by atoms with Crippen LogP contribution >= 0.6 is 0 Å². The predicted octanol–water partition coefficient (Wildman–Crippen LogP) is 4.13. The molecule has 0 aliphatic rings. The molecule has 0 saturated carbocycles. The van der Waals surface area contributed by atoms with Gasteiger partial charge < -0.3 is 14.8 Å². The highest BCUT2D eigenvalue weighted by atomic mass is 16.5. The van der Waals surface area contributed by atoms with Crippen molar-refractivity contribution < 1.29 is 14.3 Å². The van der Waals surface area contributed by atoms with E-state index in [1.807, 2.05) is 13.8 Å². The molecule has 1 aromatic carbocycles. The van der Waals surface area contributed by atoms with Crippen molar-refractivity contribution in [1.29, 1.82) is 5.26 Å². The van der Waals surface area contributed by atoms with Crippen LogP contribution in [0.1, 0.15) is 53.0 Å². The van der Waals surface area contributed by atoms with E-state index < -0.39 is 5.60 Å². The van der Waals surface area contributed by atoms with Gasteiger partial charge in [0.1, 0.15) is 17.4 Å². The predicted molar refractivity (Wildman–Crippen MR) is 95.1 cm³/mol. The number of nitrogens with one attached hydrogen (secondary N) is 1. The molecule has 0 radical (unpaired) electrons. The Hall–Kier alpha value is -2.06. The van der Waals surface area contributed by atoms with Gasteiger partial charge in [-0.2, -0.15) is 5.26 Å². The average Bonchev–Trinajstić information content (AvgIpc) is 2.58. The van der Waals surface area contributed by atoms with Gasteiger partial charge in [-0.15, -0.1) is 0 Å². The topological polar surface area (TPSA) is 71.3 Å². The van der Waals surface area contributed by atoms with Gasteiger partial charge in [0.05, 0.1) is 17.9 Å². The summed E-state index contributed by atoms with van der Waals surface area (Å²) in [5, 5.41) is 12.2. The second-order valence-electron chi connectivity index (χ2n) is 6.41. The minimum atomic E-state index is -0.907. The van der Waals surface area contributed by atoms with Crippen LogP contribution in [0.3, 0.4) is 0 Å². The molecular weight excluding hydrogens is 304 g/mol. The SMILES string of the molecule is CCCOC(C)(CC)C(=O)Nc1ccc(OCC(C)C)cc1C#N. The van der Waals surface area contributed by atoms with E-state index in [0.29, 0.717) is 42.6 Å². The molecule has 1 unspecified atom stereocenters. The van der Waals surface area contributed by atoms with Crippen molar-refractivity contribution in [2.24, 2.45) is 5.92 Å². The van der Waals surface area contributed by atoms with Gasteiger partial charge in [0.25, 0.3) is 5.91 Å². The summed E-state index contributed by atoms with van der Waals surface area (Å²) in [4.78, 5) is 12.6. The summed E-state index contributed by atoms with van der Waals surface area (Å²) in [5.41, 5.74) is -0.0621. The molecule has 132 valence electrons. The number of benzene rings is 1. The molecule has 1 aromatic rings. The standard InChI is InChI=1S/C19H28N2O3/c1-6-10-24-19(5,7-2)18(22)21-17-9-8-16(11-15(17)12-20)23-13-14(3)4/h8-9,11,14H,6-7,10,13H2,1-5H3,(H,21,22). The Balaban J connectivity index is 2.90. The first kappa shape index (κ1) is 20.0. The molecule has 1 atom stereocenters. The number of ether oxygens (including phenoxy) is 2. The van der Waals surface area contributed by atoms with Crippen molar-refractivity contribution >= 4 is 11.6 Å². The number of carbonyl (C=O) groups excluding carboxylic acids is 1. The van der Waals surface area contributed by atoms with Gasteiger partial charge in [0.2, 0.25) is 0 Å². The maximum atomic E-state index is 12.6. The number of nitrogens with zero attached hydrogens (tertiary/aromatic N) is 1. The molecule has 0 aliphatic heterocycles. The summed E-state index contributed by atoms with van der Waals surface area (Å²) in [6.07, 6.45) is 1.39. The number of nitriles is 1. The van der Waals surface area contributed by atoms with Gasteiger partial charge in [-0.25, -0.2) is 0 Å². The number of anilines is 1. The summed E-state index contributed by atoms with van der Waals surface area (Å²) in [7, 11) is 0. The number of amides is 1. The lowest BCUT2D eigenvalue weighted by atomic mass is 10.0. The Kier molecular flexibility index (Phi) is 7.73. The van der Waals surface area contributed by atoms with E-state index in [4.69, 9.17) is 9.47 Å².